The highest BCUT2D eigenvalue weighted by molar-refractivity contribution is 5.04. The van der Waals surface area contributed by atoms with Crippen LogP contribution < -0.4 is 11.2 Å². The van der Waals surface area contributed by atoms with Crippen LogP contribution in [0.15, 0.2) is 15.7 Å². The molecular formula is C10H16N2O2. The summed E-state index contributed by atoms with van der Waals surface area (Å²) in [5, 5.41) is 0. The number of aromatic amines is 2. The van der Waals surface area contributed by atoms with Crippen molar-refractivity contribution in [2.24, 2.45) is 0 Å². The van der Waals surface area contributed by atoms with Gasteiger partial charge in [0.1, 0.15) is 0 Å². The van der Waals surface area contributed by atoms with Gasteiger partial charge in [0.25, 0.3) is 5.56 Å². The maximum absolute atomic E-state index is 11.0. The largest absolute Gasteiger partial charge is 0.325 e. The Morgan fingerprint density at radius 2 is 2.07 bits per heavy atom. The lowest BCUT2D eigenvalue weighted by atomic mass is 10.0. The fourth-order valence-corrected chi connectivity index (χ4v) is 1.42. The summed E-state index contributed by atoms with van der Waals surface area (Å²) in [5.74, 6) is 0.241. The van der Waals surface area contributed by atoms with Crippen LogP contribution in [0.5, 0.6) is 0 Å². The van der Waals surface area contributed by atoms with Gasteiger partial charge in [0, 0.05) is 11.8 Å². The third-order valence-corrected chi connectivity index (χ3v) is 2.30. The van der Waals surface area contributed by atoms with Gasteiger partial charge in [0.15, 0.2) is 0 Å². The van der Waals surface area contributed by atoms with Gasteiger partial charge in [-0.2, -0.15) is 0 Å². The number of unbranched alkanes of at least 4 members (excludes halogenated alkanes) is 1. The Hall–Kier alpha value is -1.32. The predicted molar refractivity (Wildman–Crippen MR) is 55.6 cm³/mol. The van der Waals surface area contributed by atoms with Gasteiger partial charge in [-0.3, -0.25) is 9.78 Å². The van der Waals surface area contributed by atoms with Gasteiger partial charge in [0.05, 0.1) is 0 Å². The van der Waals surface area contributed by atoms with Crippen LogP contribution in [0.2, 0.25) is 0 Å². The molecule has 0 saturated heterocycles. The molecule has 4 heteroatoms. The molecule has 0 bridgehead atoms. The molecule has 4 nitrogen and oxygen atoms in total. The molecule has 1 heterocycles. The zero-order valence-electron chi connectivity index (χ0n) is 8.59. The lowest BCUT2D eigenvalue weighted by molar-refractivity contribution is 0.606. The minimum absolute atomic E-state index is 0.241. The fourth-order valence-electron chi connectivity index (χ4n) is 1.42. The third-order valence-electron chi connectivity index (χ3n) is 2.30. The van der Waals surface area contributed by atoms with E-state index in [1.807, 2.05) is 6.92 Å². The summed E-state index contributed by atoms with van der Waals surface area (Å²) in [6.07, 6.45) is 3.23. The normalized spacial score (nSPS) is 12.7. The molecule has 1 aromatic rings. The molecule has 0 aliphatic carbocycles. The van der Waals surface area contributed by atoms with Gasteiger partial charge in [-0.25, -0.2) is 4.79 Å². The van der Waals surface area contributed by atoms with Crippen molar-refractivity contribution < 1.29 is 0 Å². The minimum atomic E-state index is -0.421. The molecule has 2 N–H and O–H groups in total. The van der Waals surface area contributed by atoms with Gasteiger partial charge >= 0.3 is 5.69 Å². The van der Waals surface area contributed by atoms with E-state index in [0.29, 0.717) is 0 Å². The maximum Gasteiger partial charge on any atom is 0.325 e. The number of H-pyrrole nitrogens is 2. The molecule has 0 fully saturated rings. The highest BCUT2D eigenvalue weighted by atomic mass is 16.2. The van der Waals surface area contributed by atoms with Gasteiger partial charge in [-0.1, -0.05) is 26.7 Å². The van der Waals surface area contributed by atoms with Crippen LogP contribution in [-0.4, -0.2) is 9.97 Å². The molecule has 1 rings (SSSR count). The Morgan fingerprint density at radius 1 is 1.36 bits per heavy atom. The van der Waals surface area contributed by atoms with E-state index in [4.69, 9.17) is 0 Å². The first kappa shape index (κ1) is 10.8. The van der Waals surface area contributed by atoms with E-state index >= 15 is 0 Å². The van der Waals surface area contributed by atoms with E-state index in [-0.39, 0.29) is 11.5 Å². The van der Waals surface area contributed by atoms with Crippen LogP contribution >= 0.6 is 0 Å². The topological polar surface area (TPSA) is 65.7 Å². The van der Waals surface area contributed by atoms with Crippen LogP contribution in [0.4, 0.5) is 0 Å². The molecule has 78 valence electrons. The first-order chi connectivity index (χ1) is 6.63. The van der Waals surface area contributed by atoms with Gasteiger partial charge in [0.2, 0.25) is 0 Å². The number of rotatable bonds is 4. The van der Waals surface area contributed by atoms with E-state index in [2.05, 4.69) is 16.9 Å². The summed E-state index contributed by atoms with van der Waals surface area (Å²) in [5.41, 5.74) is -0.0184. The Balaban J connectivity index is 2.84. The second-order valence-electron chi connectivity index (χ2n) is 3.59. The van der Waals surface area contributed by atoms with Crippen LogP contribution in [0.1, 0.15) is 44.7 Å². The van der Waals surface area contributed by atoms with Crippen LogP contribution in [0.3, 0.4) is 0 Å². The zero-order chi connectivity index (χ0) is 10.6. The van der Waals surface area contributed by atoms with Crippen molar-refractivity contribution in [2.75, 3.05) is 0 Å². The van der Waals surface area contributed by atoms with E-state index in [1.54, 1.807) is 0 Å². The minimum Gasteiger partial charge on any atom is -0.311 e. The molecule has 1 unspecified atom stereocenters. The molecule has 1 aromatic heterocycles. The second-order valence-corrected chi connectivity index (χ2v) is 3.59. The van der Waals surface area contributed by atoms with E-state index in [0.717, 1.165) is 25.0 Å². The second kappa shape index (κ2) is 4.79. The standard InChI is InChI=1S/C10H16N2O2/c1-3-4-5-7(2)8-6-9(13)12-10(14)11-8/h6-7H,3-5H2,1-2H3,(H2,11,12,13,14). The average molecular weight is 196 g/mol. The van der Waals surface area contributed by atoms with Crippen molar-refractivity contribution in [1.29, 1.82) is 0 Å². The smallest absolute Gasteiger partial charge is 0.311 e. The molecule has 0 aliphatic rings. The van der Waals surface area contributed by atoms with Gasteiger partial charge in [-0.15, -0.1) is 0 Å². The molecule has 0 spiro atoms. The molecular weight excluding hydrogens is 180 g/mol. The Labute approximate surface area is 82.4 Å². The van der Waals surface area contributed by atoms with Crippen LogP contribution in [0.25, 0.3) is 0 Å². The summed E-state index contributed by atoms with van der Waals surface area (Å²) in [6.45, 7) is 4.13. The van der Waals surface area contributed by atoms with Gasteiger partial charge < -0.3 is 4.98 Å². The number of hydrogen-bond acceptors (Lipinski definition) is 2. The number of aromatic nitrogens is 2. The molecule has 0 radical (unpaired) electrons. The Bertz CT molecular complexity index is 363. The highest BCUT2D eigenvalue weighted by Crippen LogP contribution is 2.16. The summed E-state index contributed by atoms with van der Waals surface area (Å²) < 4.78 is 0. The summed E-state index contributed by atoms with van der Waals surface area (Å²) in [4.78, 5) is 26.8. The third kappa shape index (κ3) is 2.87. The molecule has 0 aromatic carbocycles. The monoisotopic (exact) mass is 196 g/mol. The fraction of sp³-hybridized carbons (Fsp3) is 0.600. The number of hydrogen-bond donors (Lipinski definition) is 2. The van der Waals surface area contributed by atoms with Crippen molar-refractivity contribution in [3.05, 3.63) is 32.6 Å². The summed E-state index contributed by atoms with van der Waals surface area (Å²) in [6, 6.07) is 1.46. The van der Waals surface area contributed by atoms with Crippen LogP contribution in [0, 0.1) is 0 Å². The Morgan fingerprint density at radius 3 is 2.64 bits per heavy atom. The molecule has 14 heavy (non-hydrogen) atoms. The van der Waals surface area contributed by atoms with E-state index < -0.39 is 5.69 Å². The van der Waals surface area contributed by atoms with Crippen molar-refractivity contribution >= 4 is 0 Å². The summed E-state index contributed by atoms with van der Waals surface area (Å²) >= 11 is 0. The van der Waals surface area contributed by atoms with E-state index in [9.17, 15) is 9.59 Å². The quantitative estimate of drug-likeness (QED) is 0.763. The highest BCUT2D eigenvalue weighted by Gasteiger charge is 2.06. The van der Waals surface area contributed by atoms with Crippen LogP contribution in [-0.2, 0) is 0 Å². The molecule has 1 atom stereocenters. The van der Waals surface area contributed by atoms with Crippen molar-refractivity contribution in [3.8, 4) is 0 Å². The van der Waals surface area contributed by atoms with Gasteiger partial charge in [-0.05, 0) is 12.3 Å². The first-order valence-electron chi connectivity index (χ1n) is 4.97. The SMILES string of the molecule is CCCCC(C)c1cc(=O)[nH]c(=O)[nH]1. The van der Waals surface area contributed by atoms with Crippen molar-refractivity contribution in [1.82, 2.24) is 9.97 Å². The zero-order valence-corrected chi connectivity index (χ0v) is 8.59. The maximum atomic E-state index is 11.0. The summed E-state index contributed by atoms with van der Waals surface area (Å²) in [7, 11) is 0. The molecule has 0 amide bonds. The van der Waals surface area contributed by atoms with Crippen molar-refractivity contribution in [2.45, 2.75) is 39.0 Å². The molecule has 0 aliphatic heterocycles. The lowest BCUT2D eigenvalue weighted by Gasteiger charge is -2.09. The van der Waals surface area contributed by atoms with E-state index in [1.165, 1.54) is 6.07 Å². The molecule has 0 saturated carbocycles. The first-order valence-corrected chi connectivity index (χ1v) is 4.97. The predicted octanol–water partition coefficient (Wildman–Crippen LogP) is 1.36. The van der Waals surface area contributed by atoms with Crippen molar-refractivity contribution in [3.63, 3.8) is 0 Å². The lowest BCUT2D eigenvalue weighted by Crippen LogP contribution is -2.23. The number of nitrogens with one attached hydrogen (secondary N) is 2. The average Bonchev–Trinajstić information content (AvgIpc) is 2.12. The Kier molecular flexibility index (Phi) is 3.68.